The van der Waals surface area contributed by atoms with Crippen molar-refractivity contribution in [2.45, 2.75) is 6.61 Å². The first-order chi connectivity index (χ1) is 14.2. The lowest BCUT2D eigenvalue weighted by atomic mass is 10.1. The SMILES string of the molecule is Nc1ccc(-c2cncn2-c2ccc(-c3nc4ccc(CO)cc4s3)cc2)cc1. The molecule has 0 aliphatic heterocycles. The number of nitrogen functional groups attached to an aromatic ring is 1. The van der Waals surface area contributed by atoms with Gasteiger partial charge in [0.25, 0.3) is 0 Å². The van der Waals surface area contributed by atoms with Gasteiger partial charge in [-0.15, -0.1) is 11.3 Å². The van der Waals surface area contributed by atoms with Gasteiger partial charge in [0.05, 0.1) is 35.0 Å². The van der Waals surface area contributed by atoms with Crippen LogP contribution in [0.2, 0.25) is 0 Å². The number of benzene rings is 3. The lowest BCUT2D eigenvalue weighted by Gasteiger charge is -2.09. The van der Waals surface area contributed by atoms with Crippen LogP contribution in [0, 0.1) is 0 Å². The zero-order chi connectivity index (χ0) is 19.8. The van der Waals surface area contributed by atoms with Crippen molar-refractivity contribution >= 4 is 27.2 Å². The number of fused-ring (bicyclic) bond motifs is 1. The highest BCUT2D eigenvalue weighted by Crippen LogP contribution is 2.32. The van der Waals surface area contributed by atoms with E-state index in [4.69, 9.17) is 10.7 Å². The molecule has 0 spiro atoms. The second-order valence-electron chi connectivity index (χ2n) is 6.80. The smallest absolute Gasteiger partial charge is 0.124 e. The largest absolute Gasteiger partial charge is 0.399 e. The molecule has 0 aliphatic rings. The first kappa shape index (κ1) is 17.6. The van der Waals surface area contributed by atoms with E-state index in [-0.39, 0.29) is 6.61 Å². The normalized spacial score (nSPS) is 11.2. The Hall–Kier alpha value is -3.48. The molecule has 5 aromatic rings. The average Bonchev–Trinajstić information content (AvgIpc) is 3.41. The maximum Gasteiger partial charge on any atom is 0.124 e. The molecule has 2 aromatic heterocycles. The van der Waals surface area contributed by atoms with Crippen LogP contribution in [0.15, 0.2) is 79.3 Å². The van der Waals surface area contributed by atoms with Crippen LogP contribution >= 0.6 is 11.3 Å². The number of nitrogens with two attached hydrogens (primary N) is 1. The minimum Gasteiger partial charge on any atom is -0.399 e. The van der Waals surface area contributed by atoms with Gasteiger partial charge in [-0.25, -0.2) is 9.97 Å². The maximum atomic E-state index is 9.33. The van der Waals surface area contributed by atoms with Crippen LogP contribution in [0.3, 0.4) is 0 Å². The van der Waals surface area contributed by atoms with Gasteiger partial charge >= 0.3 is 0 Å². The van der Waals surface area contributed by atoms with Gasteiger partial charge in [0, 0.05) is 22.5 Å². The number of aromatic nitrogens is 3. The average molecular weight is 398 g/mol. The molecule has 0 amide bonds. The molecule has 5 nitrogen and oxygen atoms in total. The molecule has 0 aliphatic carbocycles. The Morgan fingerprint density at radius 1 is 0.931 bits per heavy atom. The van der Waals surface area contributed by atoms with Crippen LogP contribution in [0.25, 0.3) is 37.7 Å². The number of anilines is 1. The van der Waals surface area contributed by atoms with Crippen molar-refractivity contribution in [3.8, 4) is 27.5 Å². The molecule has 3 N–H and O–H groups in total. The fourth-order valence-corrected chi connectivity index (χ4v) is 4.36. The minimum atomic E-state index is 0.0408. The van der Waals surface area contributed by atoms with E-state index in [2.05, 4.69) is 33.8 Å². The second kappa shape index (κ2) is 7.16. The van der Waals surface area contributed by atoms with Gasteiger partial charge in [0.15, 0.2) is 0 Å². The zero-order valence-electron chi connectivity index (χ0n) is 15.5. The van der Waals surface area contributed by atoms with Gasteiger partial charge in [-0.1, -0.05) is 18.2 Å². The lowest BCUT2D eigenvalue weighted by Crippen LogP contribution is -1.95. The Balaban J connectivity index is 1.48. The molecule has 142 valence electrons. The van der Waals surface area contributed by atoms with Crippen molar-refractivity contribution in [2.75, 3.05) is 5.73 Å². The molecule has 0 saturated carbocycles. The standard InChI is InChI=1S/C23H18N4OS/c24-18-6-2-16(3-7-18)21-12-25-14-27(21)19-8-4-17(5-9-19)23-26-20-10-1-15(13-28)11-22(20)29-23/h1-12,14,28H,13,24H2. The van der Waals surface area contributed by atoms with E-state index < -0.39 is 0 Å². The summed E-state index contributed by atoms with van der Waals surface area (Å²) >= 11 is 1.63. The molecule has 2 heterocycles. The Labute approximate surface area is 171 Å². The summed E-state index contributed by atoms with van der Waals surface area (Å²) in [6.45, 7) is 0.0408. The monoisotopic (exact) mass is 398 g/mol. The highest BCUT2D eigenvalue weighted by molar-refractivity contribution is 7.21. The van der Waals surface area contributed by atoms with Crippen LogP contribution in [0.1, 0.15) is 5.56 Å². The van der Waals surface area contributed by atoms with E-state index in [1.807, 2.05) is 55.0 Å². The fourth-order valence-electron chi connectivity index (χ4n) is 3.32. The van der Waals surface area contributed by atoms with Crippen molar-refractivity contribution in [2.24, 2.45) is 0 Å². The fraction of sp³-hybridized carbons (Fsp3) is 0.0435. The highest BCUT2D eigenvalue weighted by Gasteiger charge is 2.10. The van der Waals surface area contributed by atoms with E-state index in [0.717, 1.165) is 49.0 Å². The Morgan fingerprint density at radius 2 is 1.69 bits per heavy atom. The summed E-state index contributed by atoms with van der Waals surface area (Å²) in [5, 5.41) is 10.3. The van der Waals surface area contributed by atoms with Gasteiger partial charge in [0.2, 0.25) is 0 Å². The Kier molecular flexibility index (Phi) is 4.35. The molecule has 0 saturated heterocycles. The number of hydrogen-bond acceptors (Lipinski definition) is 5. The number of hydrogen-bond donors (Lipinski definition) is 2. The molecular formula is C23H18N4OS. The predicted octanol–water partition coefficient (Wildman–Crippen LogP) is 4.89. The first-order valence-corrected chi connectivity index (χ1v) is 10.0. The van der Waals surface area contributed by atoms with Crippen LogP contribution in [0.4, 0.5) is 5.69 Å². The predicted molar refractivity (Wildman–Crippen MR) is 118 cm³/mol. The molecule has 29 heavy (non-hydrogen) atoms. The number of rotatable bonds is 4. The first-order valence-electron chi connectivity index (χ1n) is 9.21. The Morgan fingerprint density at radius 3 is 2.45 bits per heavy atom. The number of nitrogens with zero attached hydrogens (tertiary/aromatic N) is 3. The molecule has 0 bridgehead atoms. The molecule has 0 radical (unpaired) electrons. The third-order valence-electron chi connectivity index (χ3n) is 4.87. The third kappa shape index (κ3) is 3.29. The topological polar surface area (TPSA) is 77.0 Å². The van der Waals surface area contributed by atoms with E-state index in [0.29, 0.717) is 0 Å². The molecule has 6 heteroatoms. The van der Waals surface area contributed by atoms with Crippen LogP contribution in [-0.2, 0) is 6.61 Å². The van der Waals surface area contributed by atoms with Gasteiger partial charge < -0.3 is 10.8 Å². The summed E-state index contributed by atoms with van der Waals surface area (Å²) in [6.07, 6.45) is 3.67. The van der Waals surface area contributed by atoms with Crippen molar-refractivity contribution in [1.29, 1.82) is 0 Å². The summed E-state index contributed by atoms with van der Waals surface area (Å²) in [6, 6.07) is 21.9. The van der Waals surface area contributed by atoms with Gasteiger partial charge in [-0.05, 0) is 54.1 Å². The number of aliphatic hydroxyl groups is 1. The van der Waals surface area contributed by atoms with Crippen molar-refractivity contribution in [3.63, 3.8) is 0 Å². The highest BCUT2D eigenvalue weighted by atomic mass is 32.1. The van der Waals surface area contributed by atoms with E-state index >= 15 is 0 Å². The van der Waals surface area contributed by atoms with E-state index in [1.165, 1.54) is 0 Å². The Bertz CT molecular complexity index is 1290. The van der Waals surface area contributed by atoms with Crippen molar-refractivity contribution in [3.05, 3.63) is 84.8 Å². The summed E-state index contributed by atoms with van der Waals surface area (Å²) in [7, 11) is 0. The molecule has 5 rings (SSSR count). The lowest BCUT2D eigenvalue weighted by molar-refractivity contribution is 0.282. The van der Waals surface area contributed by atoms with E-state index in [9.17, 15) is 5.11 Å². The number of imidazole rings is 1. The van der Waals surface area contributed by atoms with Crippen LogP contribution in [-0.4, -0.2) is 19.6 Å². The van der Waals surface area contributed by atoms with E-state index in [1.54, 1.807) is 11.3 Å². The van der Waals surface area contributed by atoms with Crippen LogP contribution in [0.5, 0.6) is 0 Å². The summed E-state index contributed by atoms with van der Waals surface area (Å²) in [5.41, 5.74) is 12.6. The minimum absolute atomic E-state index is 0.0408. The summed E-state index contributed by atoms with van der Waals surface area (Å²) in [4.78, 5) is 9.05. The van der Waals surface area contributed by atoms with Gasteiger partial charge in [-0.3, -0.25) is 4.57 Å². The zero-order valence-corrected chi connectivity index (χ0v) is 16.3. The van der Waals surface area contributed by atoms with Crippen LogP contribution < -0.4 is 5.73 Å². The number of aliphatic hydroxyl groups excluding tert-OH is 1. The third-order valence-corrected chi connectivity index (χ3v) is 5.94. The molecule has 0 fully saturated rings. The summed E-state index contributed by atoms with van der Waals surface area (Å²) < 4.78 is 3.14. The molecule has 0 unspecified atom stereocenters. The molecule has 0 atom stereocenters. The molecular weight excluding hydrogens is 380 g/mol. The quantitative estimate of drug-likeness (QED) is 0.423. The number of thiazole rings is 1. The van der Waals surface area contributed by atoms with Crippen molar-refractivity contribution in [1.82, 2.24) is 14.5 Å². The van der Waals surface area contributed by atoms with Gasteiger partial charge in [-0.2, -0.15) is 0 Å². The second-order valence-corrected chi connectivity index (χ2v) is 7.83. The van der Waals surface area contributed by atoms with Gasteiger partial charge in [0.1, 0.15) is 5.01 Å². The van der Waals surface area contributed by atoms with Crippen molar-refractivity contribution < 1.29 is 5.11 Å². The molecule has 3 aromatic carbocycles. The summed E-state index contributed by atoms with van der Waals surface area (Å²) in [5.74, 6) is 0. The maximum absolute atomic E-state index is 9.33.